The summed E-state index contributed by atoms with van der Waals surface area (Å²) < 4.78 is 0.921. The highest BCUT2D eigenvalue weighted by Crippen LogP contribution is 2.06. The quantitative estimate of drug-likeness (QED) is 0.532. The van der Waals surface area contributed by atoms with Crippen LogP contribution in [0.3, 0.4) is 0 Å². The molecule has 1 aromatic heterocycles. The molecule has 0 saturated carbocycles. The van der Waals surface area contributed by atoms with Crippen molar-refractivity contribution in [2.45, 2.75) is 32.9 Å². The average Bonchev–Trinajstić information content (AvgIpc) is 2.46. The second-order valence-corrected chi connectivity index (χ2v) is 4.69. The number of carbonyl (C=O) groups excluding carboxylic acids is 2. The van der Waals surface area contributed by atoms with Gasteiger partial charge in [0.1, 0.15) is 12.6 Å². The van der Waals surface area contributed by atoms with Crippen LogP contribution in [0.1, 0.15) is 20.3 Å². The summed E-state index contributed by atoms with van der Waals surface area (Å²) in [5.74, 6) is -0.914. The fraction of sp³-hybridized carbons (Fsp3) is 0.462. The minimum Gasteiger partial charge on any atom is -0.354 e. The molecule has 9 nitrogen and oxygen atoms in total. The summed E-state index contributed by atoms with van der Waals surface area (Å²) >= 11 is 0. The maximum Gasteiger partial charge on any atom is 0.285 e. The summed E-state index contributed by atoms with van der Waals surface area (Å²) in [6.07, 6.45) is 1.76. The van der Waals surface area contributed by atoms with E-state index in [1.54, 1.807) is 0 Å². The monoisotopic (exact) mass is 310 g/mol. The van der Waals surface area contributed by atoms with Gasteiger partial charge in [0, 0.05) is 18.7 Å². The van der Waals surface area contributed by atoms with Gasteiger partial charge in [0.05, 0.1) is 11.1 Å². The summed E-state index contributed by atoms with van der Waals surface area (Å²) in [4.78, 5) is 45.0. The van der Waals surface area contributed by atoms with E-state index in [2.05, 4.69) is 10.6 Å². The van der Waals surface area contributed by atoms with Crippen molar-refractivity contribution in [3.63, 3.8) is 0 Å². The number of hydrogen-bond donors (Lipinski definition) is 2. The fourth-order valence-corrected chi connectivity index (χ4v) is 1.66. The van der Waals surface area contributed by atoms with Crippen LogP contribution < -0.4 is 16.2 Å². The molecule has 1 atom stereocenters. The van der Waals surface area contributed by atoms with E-state index >= 15 is 0 Å². The number of nitrogens with zero attached hydrogens (tertiary/aromatic N) is 2. The topological polar surface area (TPSA) is 123 Å². The number of hydrogen-bond acceptors (Lipinski definition) is 5. The average molecular weight is 310 g/mol. The molecule has 1 rings (SSSR count). The number of nitro groups is 1. The highest BCUT2D eigenvalue weighted by atomic mass is 16.6. The second kappa shape index (κ2) is 7.91. The van der Waals surface area contributed by atoms with Crippen LogP contribution in [-0.4, -0.2) is 33.9 Å². The fourth-order valence-electron chi connectivity index (χ4n) is 1.66. The molecule has 2 amide bonds. The Morgan fingerprint density at radius 1 is 1.41 bits per heavy atom. The number of rotatable bonds is 7. The van der Waals surface area contributed by atoms with Gasteiger partial charge in [-0.1, -0.05) is 6.92 Å². The number of aromatic nitrogens is 1. The summed E-state index contributed by atoms with van der Waals surface area (Å²) in [7, 11) is 0. The van der Waals surface area contributed by atoms with Crippen molar-refractivity contribution < 1.29 is 14.5 Å². The van der Waals surface area contributed by atoms with Crippen molar-refractivity contribution in [2.24, 2.45) is 0 Å². The molecular weight excluding hydrogens is 292 g/mol. The largest absolute Gasteiger partial charge is 0.354 e. The van der Waals surface area contributed by atoms with Crippen LogP contribution in [0.5, 0.6) is 0 Å². The van der Waals surface area contributed by atoms with Gasteiger partial charge in [-0.2, -0.15) is 0 Å². The van der Waals surface area contributed by atoms with Crippen molar-refractivity contribution in [1.29, 1.82) is 0 Å². The zero-order chi connectivity index (χ0) is 16.7. The molecule has 1 aromatic rings. The van der Waals surface area contributed by atoms with Crippen molar-refractivity contribution in [3.05, 3.63) is 38.8 Å². The number of nitrogens with one attached hydrogen (secondary N) is 2. The van der Waals surface area contributed by atoms with Crippen LogP contribution in [0.4, 0.5) is 5.69 Å². The molecule has 0 unspecified atom stereocenters. The molecule has 0 aliphatic rings. The normalized spacial score (nSPS) is 11.5. The Bertz CT molecular complexity index is 625. The van der Waals surface area contributed by atoms with E-state index in [1.807, 2.05) is 6.92 Å². The van der Waals surface area contributed by atoms with E-state index < -0.39 is 29.0 Å². The van der Waals surface area contributed by atoms with Crippen LogP contribution in [0.15, 0.2) is 23.1 Å². The lowest BCUT2D eigenvalue weighted by Gasteiger charge is -2.14. The van der Waals surface area contributed by atoms with Crippen LogP contribution in [0, 0.1) is 10.1 Å². The summed E-state index contributed by atoms with van der Waals surface area (Å²) in [5.41, 5.74) is -0.829. The Morgan fingerprint density at radius 2 is 2.09 bits per heavy atom. The molecule has 0 aliphatic heterocycles. The third kappa shape index (κ3) is 5.00. The molecule has 0 bridgehead atoms. The summed E-state index contributed by atoms with van der Waals surface area (Å²) in [6.45, 7) is 3.52. The van der Waals surface area contributed by atoms with Crippen molar-refractivity contribution >= 4 is 17.5 Å². The molecule has 22 heavy (non-hydrogen) atoms. The lowest BCUT2D eigenvalue weighted by atomic mass is 10.3. The van der Waals surface area contributed by atoms with E-state index in [0.717, 1.165) is 29.3 Å². The first-order valence-electron chi connectivity index (χ1n) is 6.77. The first-order valence-corrected chi connectivity index (χ1v) is 6.77. The van der Waals surface area contributed by atoms with Crippen LogP contribution in [0.25, 0.3) is 0 Å². The van der Waals surface area contributed by atoms with E-state index in [1.165, 1.54) is 6.92 Å². The summed E-state index contributed by atoms with van der Waals surface area (Å²) in [6, 6.07) is 1.33. The highest BCUT2D eigenvalue weighted by Gasteiger charge is 2.16. The molecule has 2 N–H and O–H groups in total. The predicted octanol–water partition coefficient (Wildman–Crippen LogP) is -0.213. The van der Waals surface area contributed by atoms with E-state index in [-0.39, 0.29) is 11.6 Å². The van der Waals surface area contributed by atoms with Crippen molar-refractivity contribution in [1.82, 2.24) is 15.2 Å². The molecule has 0 saturated heterocycles. The molecular formula is C13H18N4O5. The van der Waals surface area contributed by atoms with Gasteiger partial charge >= 0.3 is 0 Å². The molecule has 1 heterocycles. The van der Waals surface area contributed by atoms with E-state index in [0.29, 0.717) is 6.54 Å². The molecule has 0 radical (unpaired) electrons. The maximum absolute atomic E-state index is 11.8. The highest BCUT2D eigenvalue weighted by molar-refractivity contribution is 5.87. The second-order valence-electron chi connectivity index (χ2n) is 4.69. The zero-order valence-corrected chi connectivity index (χ0v) is 12.4. The number of carbonyl (C=O) groups is 2. The zero-order valence-electron chi connectivity index (χ0n) is 12.4. The van der Waals surface area contributed by atoms with Crippen LogP contribution in [0.2, 0.25) is 0 Å². The molecule has 0 spiro atoms. The van der Waals surface area contributed by atoms with Gasteiger partial charge in [0.15, 0.2) is 0 Å². The third-order valence-electron chi connectivity index (χ3n) is 2.81. The maximum atomic E-state index is 11.8. The smallest absolute Gasteiger partial charge is 0.285 e. The lowest BCUT2D eigenvalue weighted by molar-refractivity contribution is -0.385. The van der Waals surface area contributed by atoms with Gasteiger partial charge in [0.25, 0.3) is 11.2 Å². The first kappa shape index (κ1) is 17.3. The molecule has 9 heteroatoms. The predicted molar refractivity (Wildman–Crippen MR) is 78.3 cm³/mol. The summed E-state index contributed by atoms with van der Waals surface area (Å²) in [5, 5.41) is 15.7. The van der Waals surface area contributed by atoms with Gasteiger partial charge in [-0.25, -0.2) is 0 Å². The van der Waals surface area contributed by atoms with Gasteiger partial charge in [-0.05, 0) is 13.3 Å². The molecule has 0 aromatic carbocycles. The molecule has 0 fully saturated rings. The minimum absolute atomic E-state index is 0.291. The van der Waals surface area contributed by atoms with Gasteiger partial charge in [0.2, 0.25) is 11.8 Å². The number of amides is 2. The van der Waals surface area contributed by atoms with Crippen LogP contribution in [-0.2, 0) is 16.1 Å². The Morgan fingerprint density at radius 3 is 2.68 bits per heavy atom. The van der Waals surface area contributed by atoms with E-state index in [4.69, 9.17) is 0 Å². The Labute approximate surface area is 126 Å². The SMILES string of the molecule is CCCNC(=O)[C@H](C)NC(=O)Cn1cc([N+](=O)[O-])ccc1=O. The van der Waals surface area contributed by atoms with E-state index in [9.17, 15) is 24.5 Å². The van der Waals surface area contributed by atoms with Crippen molar-refractivity contribution in [2.75, 3.05) is 6.54 Å². The van der Waals surface area contributed by atoms with Gasteiger partial charge < -0.3 is 10.6 Å². The van der Waals surface area contributed by atoms with Gasteiger partial charge in [-0.3, -0.25) is 29.1 Å². The molecule has 0 aliphatic carbocycles. The minimum atomic E-state index is -0.756. The third-order valence-corrected chi connectivity index (χ3v) is 2.81. The Balaban J connectivity index is 2.69. The standard InChI is InChI=1S/C13H18N4O5/c1-3-6-14-13(20)9(2)15-11(18)8-16-7-10(17(21)22)4-5-12(16)19/h4-5,7,9H,3,6,8H2,1-2H3,(H,14,20)(H,15,18)/t9-/m0/s1. The lowest BCUT2D eigenvalue weighted by Crippen LogP contribution is -2.46. The number of pyridine rings is 1. The van der Waals surface area contributed by atoms with Gasteiger partial charge in [-0.15, -0.1) is 0 Å². The Kier molecular flexibility index (Phi) is 6.24. The molecule has 120 valence electrons. The van der Waals surface area contributed by atoms with Crippen LogP contribution >= 0.6 is 0 Å². The Hall–Kier alpha value is -2.71. The first-order chi connectivity index (χ1) is 10.3. The van der Waals surface area contributed by atoms with Crippen molar-refractivity contribution in [3.8, 4) is 0 Å².